The minimum Gasteiger partial charge on any atom is -0.384 e. The molecule has 1 heterocycles. The van der Waals surface area contributed by atoms with Crippen LogP contribution < -0.4 is 0 Å². The lowest BCUT2D eigenvalue weighted by Crippen LogP contribution is -2.02. The van der Waals surface area contributed by atoms with Crippen molar-refractivity contribution in [1.82, 2.24) is 0 Å². The quantitative estimate of drug-likeness (QED) is 0.752. The minimum atomic E-state index is -4.28. The number of alkyl halides is 3. The molecule has 1 saturated carbocycles. The van der Waals surface area contributed by atoms with Crippen LogP contribution in [0.4, 0.5) is 13.2 Å². The zero-order valence-electron chi connectivity index (χ0n) is 6.56. The van der Waals surface area contributed by atoms with E-state index in [-0.39, 0.29) is 0 Å². The fraction of sp³-hybridized carbons (Fsp3) is 0.500. The third kappa shape index (κ3) is 1.58. The standard InChI is InChI=1S/C8H7F3OS/c9-8(10,11)6-2-1-5(13-6)7(12)3-4-7/h1-2,12H,3-4H2. The Bertz CT molecular complexity index is 305. The molecular weight excluding hydrogens is 201 g/mol. The molecule has 13 heavy (non-hydrogen) atoms. The first kappa shape index (κ1) is 9.02. The fourth-order valence-corrected chi connectivity index (χ4v) is 2.12. The van der Waals surface area contributed by atoms with E-state index in [1.165, 1.54) is 6.07 Å². The van der Waals surface area contributed by atoms with Crippen LogP contribution in [-0.4, -0.2) is 5.11 Å². The summed E-state index contributed by atoms with van der Waals surface area (Å²) in [7, 11) is 0. The highest BCUT2D eigenvalue weighted by atomic mass is 32.1. The topological polar surface area (TPSA) is 20.2 Å². The Morgan fingerprint density at radius 2 is 1.92 bits per heavy atom. The highest BCUT2D eigenvalue weighted by Gasteiger charge is 2.45. The summed E-state index contributed by atoms with van der Waals surface area (Å²) in [5, 5.41) is 9.52. The molecule has 1 aliphatic carbocycles. The summed E-state index contributed by atoms with van der Waals surface area (Å²) in [5.74, 6) is 0. The number of aliphatic hydroxyl groups is 1. The average molecular weight is 208 g/mol. The van der Waals surface area contributed by atoms with Crippen LogP contribution in [0.15, 0.2) is 12.1 Å². The second-order valence-electron chi connectivity index (χ2n) is 3.19. The molecule has 0 spiro atoms. The summed E-state index contributed by atoms with van der Waals surface area (Å²) < 4.78 is 36.4. The van der Waals surface area contributed by atoms with Crippen molar-refractivity contribution in [3.63, 3.8) is 0 Å². The highest BCUT2D eigenvalue weighted by molar-refractivity contribution is 7.12. The van der Waals surface area contributed by atoms with E-state index in [0.717, 1.165) is 6.07 Å². The predicted molar refractivity (Wildman–Crippen MR) is 42.5 cm³/mol. The van der Waals surface area contributed by atoms with Crippen molar-refractivity contribution in [2.75, 3.05) is 0 Å². The van der Waals surface area contributed by atoms with Crippen LogP contribution in [-0.2, 0) is 11.8 Å². The molecule has 0 atom stereocenters. The maximum Gasteiger partial charge on any atom is 0.425 e. The van der Waals surface area contributed by atoms with Gasteiger partial charge in [-0.2, -0.15) is 13.2 Å². The molecular formula is C8H7F3OS. The largest absolute Gasteiger partial charge is 0.425 e. The maximum atomic E-state index is 12.1. The molecule has 1 aromatic heterocycles. The Morgan fingerprint density at radius 3 is 2.31 bits per heavy atom. The van der Waals surface area contributed by atoms with Gasteiger partial charge in [0, 0.05) is 4.88 Å². The van der Waals surface area contributed by atoms with E-state index in [1.54, 1.807) is 0 Å². The molecule has 0 aliphatic heterocycles. The van der Waals surface area contributed by atoms with Crippen LogP contribution in [0.5, 0.6) is 0 Å². The molecule has 0 aromatic carbocycles. The maximum absolute atomic E-state index is 12.1. The van der Waals surface area contributed by atoms with Gasteiger partial charge in [-0.3, -0.25) is 0 Å². The zero-order valence-corrected chi connectivity index (χ0v) is 7.37. The molecule has 5 heteroatoms. The van der Waals surface area contributed by atoms with E-state index < -0.39 is 16.7 Å². The van der Waals surface area contributed by atoms with Crippen molar-refractivity contribution < 1.29 is 18.3 Å². The summed E-state index contributed by atoms with van der Waals surface area (Å²) in [6, 6.07) is 2.39. The first-order valence-corrected chi connectivity index (χ1v) is 4.63. The van der Waals surface area contributed by atoms with Gasteiger partial charge < -0.3 is 5.11 Å². The fourth-order valence-electron chi connectivity index (χ4n) is 1.11. The summed E-state index contributed by atoms with van der Waals surface area (Å²) in [6.45, 7) is 0. The molecule has 2 rings (SSSR count). The molecule has 0 amide bonds. The van der Waals surface area contributed by atoms with Gasteiger partial charge in [-0.15, -0.1) is 11.3 Å². The Kier molecular flexibility index (Phi) is 1.72. The third-order valence-corrected chi connectivity index (χ3v) is 3.39. The molecule has 1 fully saturated rings. The molecule has 0 bridgehead atoms. The molecule has 1 nitrogen and oxygen atoms in total. The average Bonchev–Trinajstić information content (AvgIpc) is 2.60. The van der Waals surface area contributed by atoms with Gasteiger partial charge >= 0.3 is 6.18 Å². The predicted octanol–water partition coefficient (Wildman–Crippen LogP) is 2.75. The molecule has 1 aliphatic rings. The van der Waals surface area contributed by atoms with E-state index in [0.29, 0.717) is 29.1 Å². The Labute approximate surface area is 76.8 Å². The van der Waals surface area contributed by atoms with E-state index in [2.05, 4.69) is 0 Å². The molecule has 0 radical (unpaired) electrons. The van der Waals surface area contributed by atoms with Crippen molar-refractivity contribution in [3.05, 3.63) is 21.9 Å². The molecule has 1 aromatic rings. The second kappa shape index (κ2) is 2.48. The van der Waals surface area contributed by atoms with Crippen molar-refractivity contribution >= 4 is 11.3 Å². The van der Waals surface area contributed by atoms with Gasteiger partial charge in [0.05, 0.1) is 5.60 Å². The van der Waals surface area contributed by atoms with Gasteiger partial charge in [-0.25, -0.2) is 0 Å². The lowest BCUT2D eigenvalue weighted by Gasteiger charge is -2.03. The van der Waals surface area contributed by atoms with E-state index in [1.807, 2.05) is 0 Å². The van der Waals surface area contributed by atoms with Gasteiger partial charge in [-0.1, -0.05) is 0 Å². The van der Waals surface area contributed by atoms with Gasteiger partial charge in [0.2, 0.25) is 0 Å². The van der Waals surface area contributed by atoms with E-state index >= 15 is 0 Å². The summed E-state index contributed by atoms with van der Waals surface area (Å²) >= 11 is 0.634. The number of halogens is 3. The highest BCUT2D eigenvalue weighted by Crippen LogP contribution is 2.49. The monoisotopic (exact) mass is 208 g/mol. The first-order valence-electron chi connectivity index (χ1n) is 3.82. The minimum absolute atomic E-state index is 0.430. The number of rotatable bonds is 1. The van der Waals surface area contributed by atoms with Gasteiger partial charge in [0.1, 0.15) is 4.88 Å². The number of hydrogen-bond acceptors (Lipinski definition) is 2. The SMILES string of the molecule is OC1(c2ccc(C(F)(F)F)s2)CC1. The van der Waals surface area contributed by atoms with Crippen LogP contribution in [0, 0.1) is 0 Å². The summed E-state index contributed by atoms with van der Waals surface area (Å²) in [5.41, 5.74) is -0.950. The normalized spacial score (nSPS) is 20.3. The molecule has 0 unspecified atom stereocenters. The van der Waals surface area contributed by atoms with Gasteiger partial charge in [-0.05, 0) is 25.0 Å². The third-order valence-electron chi connectivity index (χ3n) is 2.07. The summed E-state index contributed by atoms with van der Waals surface area (Å²) in [4.78, 5) is -0.206. The molecule has 1 N–H and O–H groups in total. The molecule has 72 valence electrons. The van der Waals surface area contributed by atoms with Crippen molar-refractivity contribution in [2.45, 2.75) is 24.6 Å². The zero-order chi connectivity index (χ0) is 9.69. The first-order chi connectivity index (χ1) is 5.92. The van der Waals surface area contributed by atoms with E-state index in [9.17, 15) is 18.3 Å². The second-order valence-corrected chi connectivity index (χ2v) is 4.28. The lowest BCUT2D eigenvalue weighted by atomic mass is 10.3. The van der Waals surface area contributed by atoms with Gasteiger partial charge in [0.25, 0.3) is 0 Å². The van der Waals surface area contributed by atoms with Crippen LogP contribution >= 0.6 is 11.3 Å². The van der Waals surface area contributed by atoms with Crippen LogP contribution in [0.25, 0.3) is 0 Å². The van der Waals surface area contributed by atoms with Gasteiger partial charge in [0.15, 0.2) is 0 Å². The summed E-state index contributed by atoms with van der Waals surface area (Å²) in [6.07, 6.45) is -3.14. The lowest BCUT2D eigenvalue weighted by molar-refractivity contribution is -0.134. The van der Waals surface area contributed by atoms with Crippen LogP contribution in [0.3, 0.4) is 0 Å². The van der Waals surface area contributed by atoms with Crippen LogP contribution in [0.2, 0.25) is 0 Å². The van der Waals surface area contributed by atoms with Crippen molar-refractivity contribution in [1.29, 1.82) is 0 Å². The Morgan fingerprint density at radius 1 is 1.31 bits per heavy atom. The number of hydrogen-bond donors (Lipinski definition) is 1. The van der Waals surface area contributed by atoms with E-state index in [4.69, 9.17) is 0 Å². The molecule has 0 saturated heterocycles. The van der Waals surface area contributed by atoms with Crippen molar-refractivity contribution in [2.24, 2.45) is 0 Å². The Hall–Kier alpha value is -0.550. The smallest absolute Gasteiger partial charge is 0.384 e. The van der Waals surface area contributed by atoms with Crippen LogP contribution in [0.1, 0.15) is 22.6 Å². The number of thiophene rings is 1. The Balaban J connectivity index is 2.29. The van der Waals surface area contributed by atoms with Crippen molar-refractivity contribution in [3.8, 4) is 0 Å².